The number of methoxy groups -OCH3 is 1. The molecule has 9 heteroatoms. The van der Waals surface area contributed by atoms with Crippen LogP contribution >= 0.6 is 32.9 Å². The molecule has 3 N–H and O–H groups in total. The average molecular weight is 501 g/mol. The Bertz CT molecular complexity index is 816. The van der Waals surface area contributed by atoms with Crippen LogP contribution in [0.25, 0.3) is 0 Å². The van der Waals surface area contributed by atoms with E-state index in [4.69, 9.17) is 5.73 Å². The molecular weight excluding hydrogens is 482 g/mol. The lowest BCUT2D eigenvalue weighted by atomic mass is 10.0. The van der Waals surface area contributed by atoms with Gasteiger partial charge in [-0.05, 0) is 36.8 Å². The van der Waals surface area contributed by atoms with Gasteiger partial charge in [0.05, 0.1) is 18.8 Å². The van der Waals surface area contributed by atoms with Crippen molar-refractivity contribution in [1.29, 1.82) is 0 Å². The second-order valence-electron chi connectivity index (χ2n) is 5.44. The van der Waals surface area contributed by atoms with Crippen LogP contribution in [0.3, 0.4) is 0 Å². The minimum absolute atomic E-state index is 0. The molecule has 0 radical (unpaired) electrons. The van der Waals surface area contributed by atoms with Crippen LogP contribution < -0.4 is 11.1 Å². The molecule has 1 amide bonds. The summed E-state index contributed by atoms with van der Waals surface area (Å²) in [5.41, 5.74) is 6.67. The van der Waals surface area contributed by atoms with Crippen LogP contribution in [0.1, 0.15) is 28.9 Å². The zero-order valence-corrected chi connectivity index (χ0v) is 17.8. The number of aromatic nitrogens is 1. The first-order valence-electron chi connectivity index (χ1n) is 7.81. The van der Waals surface area contributed by atoms with E-state index in [9.17, 15) is 14.4 Å². The second kappa shape index (κ2) is 10.9. The van der Waals surface area contributed by atoms with E-state index in [1.54, 1.807) is 36.4 Å². The number of pyridine rings is 1. The van der Waals surface area contributed by atoms with Crippen LogP contribution in [0.4, 0.5) is 5.69 Å². The van der Waals surface area contributed by atoms with Crippen LogP contribution in [0.5, 0.6) is 0 Å². The predicted molar refractivity (Wildman–Crippen MR) is 110 cm³/mol. The first-order chi connectivity index (χ1) is 12.4. The van der Waals surface area contributed by atoms with E-state index in [-0.39, 0.29) is 46.9 Å². The van der Waals surface area contributed by atoms with E-state index >= 15 is 0 Å². The van der Waals surface area contributed by atoms with Gasteiger partial charge in [0.1, 0.15) is 5.69 Å². The molecule has 0 saturated carbocycles. The van der Waals surface area contributed by atoms with E-state index in [0.29, 0.717) is 10.2 Å². The van der Waals surface area contributed by atoms with Crippen LogP contribution in [0, 0.1) is 0 Å². The first-order valence-corrected chi connectivity index (χ1v) is 8.60. The molecule has 0 fully saturated rings. The van der Waals surface area contributed by atoms with Gasteiger partial charge in [0.2, 0.25) is 11.7 Å². The number of ketones is 1. The molecule has 0 saturated heterocycles. The second-order valence-corrected chi connectivity index (χ2v) is 6.36. The largest absolute Gasteiger partial charge is 0.469 e. The highest BCUT2D eigenvalue weighted by Crippen LogP contribution is 2.23. The summed E-state index contributed by atoms with van der Waals surface area (Å²) in [6.45, 7) is 0. The van der Waals surface area contributed by atoms with Gasteiger partial charge < -0.3 is 15.8 Å². The lowest BCUT2D eigenvalue weighted by Gasteiger charge is -2.14. The summed E-state index contributed by atoms with van der Waals surface area (Å²) in [5, 5.41) is 2.64. The zero-order chi connectivity index (χ0) is 19.1. The van der Waals surface area contributed by atoms with Crippen LogP contribution in [-0.2, 0) is 14.3 Å². The van der Waals surface area contributed by atoms with Crippen LogP contribution in [0.15, 0.2) is 47.1 Å². The molecule has 0 aliphatic heterocycles. The standard InChI is InChI=1S/C18H18BrN3O4.BrH/c1-26-16(23)8-6-13(20)18(25)22-14-7-5-11(19)10-12(14)17(24)15-4-2-3-9-21-15;/h2-5,7,9-10,13H,6,8,20H2,1H3,(H,22,25);1H/t13-;/m0./s1. The molecule has 1 heterocycles. The first kappa shape index (κ1) is 22.9. The Hall–Kier alpha value is -2.10. The highest BCUT2D eigenvalue weighted by atomic mass is 79.9. The number of halogens is 2. The highest BCUT2D eigenvalue weighted by Gasteiger charge is 2.20. The number of amides is 1. The van der Waals surface area contributed by atoms with Crippen molar-refractivity contribution in [2.75, 3.05) is 12.4 Å². The number of rotatable bonds is 7. The van der Waals surface area contributed by atoms with Crippen molar-refractivity contribution < 1.29 is 19.1 Å². The number of carbonyl (C=O) groups excluding carboxylic acids is 3. The Labute approximate surface area is 175 Å². The van der Waals surface area contributed by atoms with Gasteiger partial charge in [-0.25, -0.2) is 0 Å². The van der Waals surface area contributed by atoms with E-state index < -0.39 is 17.9 Å². The minimum Gasteiger partial charge on any atom is -0.469 e. The molecule has 0 aliphatic rings. The maximum absolute atomic E-state index is 12.7. The predicted octanol–water partition coefficient (Wildman–Crippen LogP) is 2.87. The quantitative estimate of drug-likeness (QED) is 0.446. The van der Waals surface area contributed by atoms with Crippen molar-refractivity contribution in [3.8, 4) is 0 Å². The van der Waals surface area contributed by atoms with Gasteiger partial charge in [0, 0.05) is 22.7 Å². The molecule has 0 bridgehead atoms. The Morgan fingerprint density at radius 2 is 2.00 bits per heavy atom. The summed E-state index contributed by atoms with van der Waals surface area (Å²) in [7, 11) is 1.27. The van der Waals surface area contributed by atoms with Gasteiger partial charge in [0.15, 0.2) is 0 Å². The number of benzene rings is 1. The third-order valence-corrected chi connectivity index (χ3v) is 4.10. The molecule has 144 valence electrons. The van der Waals surface area contributed by atoms with Gasteiger partial charge in [-0.15, -0.1) is 17.0 Å². The molecule has 1 aromatic carbocycles. The van der Waals surface area contributed by atoms with E-state index in [2.05, 4.69) is 31.0 Å². The van der Waals surface area contributed by atoms with Crippen molar-refractivity contribution in [2.24, 2.45) is 5.73 Å². The fraction of sp³-hybridized carbons (Fsp3) is 0.222. The number of ether oxygens (including phenoxy) is 1. The number of hydrogen-bond acceptors (Lipinski definition) is 6. The lowest BCUT2D eigenvalue weighted by molar-refractivity contribution is -0.140. The summed E-state index contributed by atoms with van der Waals surface area (Å²) >= 11 is 3.32. The Balaban J connectivity index is 0.00000364. The van der Waals surface area contributed by atoms with E-state index in [1.165, 1.54) is 13.3 Å². The normalized spacial score (nSPS) is 11.1. The van der Waals surface area contributed by atoms with Crippen molar-refractivity contribution >= 4 is 56.3 Å². The third-order valence-electron chi connectivity index (χ3n) is 3.61. The molecule has 1 atom stereocenters. The smallest absolute Gasteiger partial charge is 0.305 e. The van der Waals surface area contributed by atoms with Gasteiger partial charge >= 0.3 is 5.97 Å². The van der Waals surface area contributed by atoms with Crippen molar-refractivity contribution in [3.05, 3.63) is 58.3 Å². The van der Waals surface area contributed by atoms with Crippen molar-refractivity contribution in [2.45, 2.75) is 18.9 Å². The van der Waals surface area contributed by atoms with Gasteiger partial charge in [0.25, 0.3) is 0 Å². The molecule has 27 heavy (non-hydrogen) atoms. The number of nitrogens with zero attached hydrogens (tertiary/aromatic N) is 1. The topological polar surface area (TPSA) is 111 Å². The van der Waals surface area contributed by atoms with E-state index in [1.807, 2.05) is 0 Å². The SMILES string of the molecule is Br.COC(=O)CC[C@H](N)C(=O)Nc1ccc(Br)cc1C(=O)c1ccccn1. The van der Waals surface area contributed by atoms with Gasteiger partial charge in [-0.1, -0.05) is 22.0 Å². The number of hydrogen-bond donors (Lipinski definition) is 2. The van der Waals surface area contributed by atoms with Crippen molar-refractivity contribution in [3.63, 3.8) is 0 Å². The summed E-state index contributed by atoms with van der Waals surface area (Å²) < 4.78 is 5.21. The molecule has 0 aliphatic carbocycles. The summed E-state index contributed by atoms with van der Waals surface area (Å²) in [6, 6.07) is 9.01. The Morgan fingerprint density at radius 3 is 2.63 bits per heavy atom. The molecule has 1 aromatic heterocycles. The van der Waals surface area contributed by atoms with E-state index in [0.717, 1.165) is 0 Å². The lowest BCUT2D eigenvalue weighted by Crippen LogP contribution is -2.36. The molecule has 0 unspecified atom stereocenters. The van der Waals surface area contributed by atoms with Gasteiger partial charge in [-0.3, -0.25) is 19.4 Å². The third kappa shape index (κ3) is 6.53. The number of anilines is 1. The fourth-order valence-corrected chi connectivity index (χ4v) is 2.54. The zero-order valence-electron chi connectivity index (χ0n) is 14.5. The average Bonchev–Trinajstić information content (AvgIpc) is 2.67. The minimum atomic E-state index is -0.907. The number of nitrogens with one attached hydrogen (secondary N) is 1. The number of esters is 1. The summed E-state index contributed by atoms with van der Waals surface area (Å²) in [4.78, 5) is 40.2. The summed E-state index contributed by atoms with van der Waals surface area (Å²) in [5.74, 6) is -1.26. The number of carbonyl (C=O) groups is 3. The molecular formula is C18H19Br2N3O4. The molecule has 2 aromatic rings. The number of nitrogens with two attached hydrogens (primary N) is 1. The van der Waals surface area contributed by atoms with Crippen LogP contribution in [-0.4, -0.2) is 35.8 Å². The molecule has 7 nitrogen and oxygen atoms in total. The maximum atomic E-state index is 12.7. The van der Waals surface area contributed by atoms with Gasteiger partial charge in [-0.2, -0.15) is 0 Å². The fourth-order valence-electron chi connectivity index (χ4n) is 2.18. The van der Waals surface area contributed by atoms with Crippen molar-refractivity contribution in [1.82, 2.24) is 4.98 Å². The molecule has 2 rings (SSSR count). The molecule has 0 spiro atoms. The Kier molecular flexibility index (Phi) is 9.27. The maximum Gasteiger partial charge on any atom is 0.305 e. The summed E-state index contributed by atoms with van der Waals surface area (Å²) in [6.07, 6.45) is 1.69. The monoisotopic (exact) mass is 499 g/mol. The van der Waals surface area contributed by atoms with Crippen LogP contribution in [0.2, 0.25) is 0 Å². The highest BCUT2D eigenvalue weighted by molar-refractivity contribution is 9.10. The Morgan fingerprint density at radius 1 is 1.26 bits per heavy atom.